The number of hydrogen-bond acceptors (Lipinski definition) is 5. The molecular formula is C17H21N3O2S. The summed E-state index contributed by atoms with van der Waals surface area (Å²) >= 11 is 1.42. The van der Waals surface area contributed by atoms with Crippen LogP contribution in [0.25, 0.3) is 0 Å². The van der Waals surface area contributed by atoms with Gasteiger partial charge in [-0.05, 0) is 43.0 Å². The number of nitrogens with one attached hydrogen (secondary N) is 1. The van der Waals surface area contributed by atoms with E-state index in [4.69, 9.17) is 5.11 Å². The first-order valence-electron chi connectivity index (χ1n) is 7.88. The topological polar surface area (TPSA) is 65.5 Å². The van der Waals surface area contributed by atoms with Crippen LogP contribution in [0.3, 0.4) is 0 Å². The van der Waals surface area contributed by atoms with E-state index < -0.39 is 5.97 Å². The Kier molecular flexibility index (Phi) is 4.81. The molecule has 1 aliphatic rings. The largest absolute Gasteiger partial charge is 0.481 e. The van der Waals surface area contributed by atoms with Crippen LogP contribution in [0.1, 0.15) is 25.5 Å². The van der Waals surface area contributed by atoms with Gasteiger partial charge in [0.05, 0.1) is 12.1 Å². The van der Waals surface area contributed by atoms with Crippen molar-refractivity contribution in [3.05, 3.63) is 35.3 Å². The average Bonchev–Trinajstić information content (AvgIpc) is 2.95. The molecule has 1 aromatic heterocycles. The number of nitrogens with zero attached hydrogens (tertiary/aromatic N) is 2. The highest BCUT2D eigenvalue weighted by Gasteiger charge is 2.15. The summed E-state index contributed by atoms with van der Waals surface area (Å²) in [4.78, 5) is 17.4. The third-order valence-corrected chi connectivity index (χ3v) is 4.96. The van der Waals surface area contributed by atoms with Crippen molar-refractivity contribution < 1.29 is 9.90 Å². The highest BCUT2D eigenvalue weighted by atomic mass is 32.1. The Morgan fingerprint density at radius 2 is 2.04 bits per heavy atom. The summed E-state index contributed by atoms with van der Waals surface area (Å²) in [5.74, 6) is -0.0286. The predicted molar refractivity (Wildman–Crippen MR) is 93.8 cm³/mol. The van der Waals surface area contributed by atoms with E-state index in [1.807, 2.05) is 12.1 Å². The SMILES string of the molecule is CC1CCN(c2ccc(Nc3nc(CC(=O)O)cs3)cc2)CC1. The Hall–Kier alpha value is -2.08. The number of piperidine rings is 1. The minimum Gasteiger partial charge on any atom is -0.481 e. The zero-order valence-corrected chi connectivity index (χ0v) is 14.0. The summed E-state index contributed by atoms with van der Waals surface area (Å²) < 4.78 is 0. The van der Waals surface area contributed by atoms with Crippen LogP contribution in [-0.2, 0) is 11.2 Å². The Balaban J connectivity index is 1.61. The highest BCUT2D eigenvalue weighted by molar-refractivity contribution is 7.13. The number of hydrogen-bond donors (Lipinski definition) is 2. The van der Waals surface area contributed by atoms with Crippen LogP contribution >= 0.6 is 11.3 Å². The van der Waals surface area contributed by atoms with E-state index >= 15 is 0 Å². The fraction of sp³-hybridized carbons (Fsp3) is 0.412. The predicted octanol–water partition coefficient (Wildman–Crippen LogP) is 3.75. The fourth-order valence-corrected chi connectivity index (χ4v) is 3.48. The molecule has 0 atom stereocenters. The van der Waals surface area contributed by atoms with Crippen LogP contribution in [0.5, 0.6) is 0 Å². The van der Waals surface area contributed by atoms with Gasteiger partial charge in [-0.15, -0.1) is 11.3 Å². The molecule has 2 aromatic rings. The number of thiazole rings is 1. The Bertz CT molecular complexity index is 661. The molecule has 6 heteroatoms. The molecule has 0 bridgehead atoms. The maximum atomic E-state index is 10.7. The van der Waals surface area contributed by atoms with Crippen LogP contribution in [0.4, 0.5) is 16.5 Å². The molecule has 5 nitrogen and oxygen atoms in total. The van der Waals surface area contributed by atoms with Crippen LogP contribution in [-0.4, -0.2) is 29.1 Å². The summed E-state index contributed by atoms with van der Waals surface area (Å²) in [6, 6.07) is 8.35. The van der Waals surface area contributed by atoms with Crippen molar-refractivity contribution in [1.29, 1.82) is 0 Å². The van der Waals surface area contributed by atoms with Crippen molar-refractivity contribution in [2.24, 2.45) is 5.92 Å². The lowest BCUT2D eigenvalue weighted by Crippen LogP contribution is -2.32. The van der Waals surface area contributed by atoms with E-state index in [-0.39, 0.29) is 6.42 Å². The molecule has 0 unspecified atom stereocenters. The number of rotatable bonds is 5. The molecule has 0 saturated carbocycles. The molecule has 0 spiro atoms. The minimum absolute atomic E-state index is 0.0372. The molecule has 0 amide bonds. The molecule has 1 fully saturated rings. The molecule has 0 aliphatic carbocycles. The number of carboxylic acid groups (broad SMARTS) is 1. The molecule has 1 aromatic carbocycles. The summed E-state index contributed by atoms with van der Waals surface area (Å²) in [7, 11) is 0. The van der Waals surface area contributed by atoms with Crippen molar-refractivity contribution in [2.75, 3.05) is 23.3 Å². The second-order valence-electron chi connectivity index (χ2n) is 6.06. The van der Waals surface area contributed by atoms with Gasteiger partial charge in [0, 0.05) is 29.8 Å². The van der Waals surface area contributed by atoms with Gasteiger partial charge in [0.15, 0.2) is 5.13 Å². The molecule has 3 rings (SSSR count). The fourth-order valence-electron chi connectivity index (χ4n) is 2.75. The minimum atomic E-state index is -0.859. The maximum absolute atomic E-state index is 10.7. The van der Waals surface area contributed by atoms with Gasteiger partial charge in [-0.25, -0.2) is 4.98 Å². The maximum Gasteiger partial charge on any atom is 0.309 e. The zero-order valence-electron chi connectivity index (χ0n) is 13.2. The number of aliphatic carboxylic acids is 1. The third-order valence-electron chi connectivity index (χ3n) is 4.15. The Morgan fingerprint density at radius 3 is 2.70 bits per heavy atom. The van der Waals surface area contributed by atoms with Crippen LogP contribution in [0.15, 0.2) is 29.6 Å². The smallest absolute Gasteiger partial charge is 0.309 e. The van der Waals surface area contributed by atoms with Crippen molar-refractivity contribution in [2.45, 2.75) is 26.2 Å². The first kappa shape index (κ1) is 15.8. The summed E-state index contributed by atoms with van der Waals surface area (Å²) in [5, 5.41) is 14.5. The summed E-state index contributed by atoms with van der Waals surface area (Å²) in [5.41, 5.74) is 2.81. The lowest BCUT2D eigenvalue weighted by molar-refractivity contribution is -0.136. The molecule has 2 N–H and O–H groups in total. The lowest BCUT2D eigenvalue weighted by Gasteiger charge is -2.32. The zero-order chi connectivity index (χ0) is 16.2. The number of carbonyl (C=O) groups is 1. The number of benzene rings is 1. The molecule has 0 radical (unpaired) electrons. The van der Waals surface area contributed by atoms with E-state index in [1.165, 1.54) is 29.9 Å². The third kappa shape index (κ3) is 4.22. The van der Waals surface area contributed by atoms with Gasteiger partial charge in [-0.2, -0.15) is 0 Å². The van der Waals surface area contributed by atoms with Crippen molar-refractivity contribution in [3.8, 4) is 0 Å². The number of aromatic nitrogens is 1. The van der Waals surface area contributed by atoms with Crippen LogP contribution in [0, 0.1) is 5.92 Å². The van der Waals surface area contributed by atoms with Gasteiger partial charge in [0.2, 0.25) is 0 Å². The van der Waals surface area contributed by atoms with Crippen molar-refractivity contribution in [1.82, 2.24) is 4.98 Å². The van der Waals surface area contributed by atoms with E-state index in [0.717, 1.165) is 29.8 Å². The van der Waals surface area contributed by atoms with E-state index in [0.29, 0.717) is 5.69 Å². The second-order valence-corrected chi connectivity index (χ2v) is 6.91. The van der Waals surface area contributed by atoms with Gasteiger partial charge in [0.1, 0.15) is 0 Å². The molecule has 1 saturated heterocycles. The van der Waals surface area contributed by atoms with Gasteiger partial charge >= 0.3 is 5.97 Å². The standard InChI is InChI=1S/C17H21N3O2S/c1-12-6-8-20(9-7-12)15-4-2-13(3-5-15)18-17-19-14(11-23-17)10-16(21)22/h2-5,11-12H,6-10H2,1H3,(H,18,19)(H,21,22). The summed E-state index contributed by atoms with van der Waals surface area (Å²) in [6.07, 6.45) is 2.47. The van der Waals surface area contributed by atoms with E-state index in [2.05, 4.69) is 34.3 Å². The summed E-state index contributed by atoms with van der Waals surface area (Å²) in [6.45, 7) is 4.56. The Labute approximate surface area is 140 Å². The van der Waals surface area contributed by atoms with Crippen LogP contribution < -0.4 is 10.2 Å². The highest BCUT2D eigenvalue weighted by Crippen LogP contribution is 2.26. The van der Waals surface area contributed by atoms with Gasteiger partial charge in [-0.3, -0.25) is 4.79 Å². The second kappa shape index (κ2) is 7.00. The van der Waals surface area contributed by atoms with Crippen LogP contribution in [0.2, 0.25) is 0 Å². The Morgan fingerprint density at radius 1 is 1.35 bits per heavy atom. The molecule has 122 valence electrons. The monoisotopic (exact) mass is 331 g/mol. The van der Waals surface area contributed by atoms with Gasteiger partial charge in [0.25, 0.3) is 0 Å². The van der Waals surface area contributed by atoms with E-state index in [1.54, 1.807) is 5.38 Å². The first-order chi connectivity index (χ1) is 11.1. The molecule has 2 heterocycles. The van der Waals surface area contributed by atoms with Gasteiger partial charge in [-0.1, -0.05) is 6.92 Å². The molecule has 1 aliphatic heterocycles. The van der Waals surface area contributed by atoms with Crippen molar-refractivity contribution >= 4 is 33.8 Å². The quantitative estimate of drug-likeness (QED) is 0.873. The molecular weight excluding hydrogens is 310 g/mol. The van der Waals surface area contributed by atoms with Gasteiger partial charge < -0.3 is 15.3 Å². The normalized spacial score (nSPS) is 15.6. The average molecular weight is 331 g/mol. The van der Waals surface area contributed by atoms with E-state index in [9.17, 15) is 4.79 Å². The van der Waals surface area contributed by atoms with Crippen molar-refractivity contribution in [3.63, 3.8) is 0 Å². The number of carboxylic acids is 1. The number of anilines is 3. The molecule has 23 heavy (non-hydrogen) atoms. The lowest BCUT2D eigenvalue weighted by atomic mass is 9.99. The first-order valence-corrected chi connectivity index (χ1v) is 8.76.